The lowest BCUT2D eigenvalue weighted by Crippen LogP contribution is -2.33. The molecule has 1 atom stereocenters. The molecule has 0 radical (unpaired) electrons. The monoisotopic (exact) mass is 283 g/mol. The van der Waals surface area contributed by atoms with Gasteiger partial charge in [0.25, 0.3) is 0 Å². The number of hydrogen-bond acceptors (Lipinski definition) is 2. The van der Waals surface area contributed by atoms with Gasteiger partial charge in [-0.05, 0) is 26.8 Å². The number of nitrogens with one attached hydrogen (secondary N) is 1. The van der Waals surface area contributed by atoms with Gasteiger partial charge in [-0.2, -0.15) is 5.10 Å². The van der Waals surface area contributed by atoms with Crippen molar-refractivity contribution in [2.45, 2.75) is 47.1 Å². The van der Waals surface area contributed by atoms with E-state index < -0.39 is 0 Å². The van der Waals surface area contributed by atoms with Gasteiger partial charge in [0.15, 0.2) is 0 Å². The molecule has 108 valence electrons. The van der Waals surface area contributed by atoms with Gasteiger partial charge in [-0.1, -0.05) is 31.5 Å². The van der Waals surface area contributed by atoms with Crippen molar-refractivity contribution in [3.8, 4) is 0 Å². The Kier molecular flexibility index (Phi) is 6.08. The minimum atomic E-state index is -0.00178. The molecule has 1 aromatic heterocycles. The van der Waals surface area contributed by atoms with Crippen LogP contribution in [0, 0.1) is 12.3 Å². The lowest BCUT2D eigenvalue weighted by Gasteiger charge is -2.26. The molecule has 0 spiro atoms. The van der Waals surface area contributed by atoms with E-state index in [1.54, 1.807) is 0 Å². The van der Waals surface area contributed by atoms with E-state index in [4.69, 9.17) is 11.6 Å². The summed E-state index contributed by atoms with van der Waals surface area (Å²) in [6, 6.07) is 0. The molecule has 0 aromatic carbocycles. The van der Waals surface area contributed by atoms with Crippen molar-refractivity contribution in [3.63, 3.8) is 0 Å². The fourth-order valence-electron chi connectivity index (χ4n) is 2.18. The molecule has 4 heteroatoms. The van der Waals surface area contributed by atoms with Crippen molar-refractivity contribution in [3.05, 3.63) is 29.1 Å². The summed E-state index contributed by atoms with van der Waals surface area (Å²) < 4.78 is 2.00. The molecule has 1 unspecified atom stereocenters. The van der Waals surface area contributed by atoms with Crippen LogP contribution < -0.4 is 5.32 Å². The second kappa shape index (κ2) is 7.11. The third-order valence-electron chi connectivity index (χ3n) is 3.47. The van der Waals surface area contributed by atoms with Crippen molar-refractivity contribution < 1.29 is 0 Å². The van der Waals surface area contributed by atoms with Crippen LogP contribution in [-0.2, 0) is 13.0 Å². The number of nitrogens with zero attached hydrogens (tertiary/aromatic N) is 2. The Bertz CT molecular complexity index is 425. The Morgan fingerprint density at radius 3 is 2.68 bits per heavy atom. The van der Waals surface area contributed by atoms with Crippen LogP contribution >= 0.6 is 11.6 Å². The van der Waals surface area contributed by atoms with E-state index >= 15 is 0 Å². The first-order chi connectivity index (χ1) is 8.97. The number of aromatic nitrogens is 2. The predicted octanol–water partition coefficient (Wildman–Crippen LogP) is 3.60. The van der Waals surface area contributed by atoms with Gasteiger partial charge in [-0.3, -0.25) is 4.68 Å². The molecule has 3 nitrogen and oxygen atoms in total. The summed E-state index contributed by atoms with van der Waals surface area (Å²) in [5.41, 5.74) is 2.02. The van der Waals surface area contributed by atoms with Gasteiger partial charge < -0.3 is 5.32 Å². The molecule has 0 aliphatic rings. The summed E-state index contributed by atoms with van der Waals surface area (Å²) in [6.07, 6.45) is 4.02. The van der Waals surface area contributed by atoms with Gasteiger partial charge in [0, 0.05) is 24.9 Å². The molecule has 0 amide bonds. The highest BCUT2D eigenvalue weighted by atomic mass is 35.5. The van der Waals surface area contributed by atoms with Crippen LogP contribution in [0.4, 0.5) is 0 Å². The molecular weight excluding hydrogens is 258 g/mol. The molecule has 0 saturated carbocycles. The third kappa shape index (κ3) is 4.08. The summed E-state index contributed by atoms with van der Waals surface area (Å²) in [5, 5.41) is 8.74. The van der Waals surface area contributed by atoms with Crippen molar-refractivity contribution in [2.24, 2.45) is 5.41 Å². The molecule has 0 bridgehead atoms. The third-order valence-corrected chi connectivity index (χ3v) is 3.96. The van der Waals surface area contributed by atoms with Crippen LogP contribution in [0.5, 0.6) is 0 Å². The first-order valence-corrected chi connectivity index (χ1v) is 7.41. The van der Waals surface area contributed by atoms with Gasteiger partial charge in [0.05, 0.1) is 16.4 Å². The summed E-state index contributed by atoms with van der Waals surface area (Å²) in [7, 11) is 0. The average Bonchev–Trinajstić information content (AvgIpc) is 2.66. The number of rotatable bonds is 8. The van der Waals surface area contributed by atoms with Crippen LogP contribution in [0.3, 0.4) is 0 Å². The number of hydrogen-bond donors (Lipinski definition) is 1. The Labute approximate surface area is 122 Å². The van der Waals surface area contributed by atoms with Crippen LogP contribution in [0.2, 0.25) is 5.02 Å². The Hall–Kier alpha value is -0.800. The van der Waals surface area contributed by atoms with Crippen molar-refractivity contribution in [2.75, 3.05) is 13.1 Å². The fraction of sp³-hybridized carbons (Fsp3) is 0.667. The molecule has 1 aromatic rings. The molecule has 0 aliphatic heterocycles. The van der Waals surface area contributed by atoms with Crippen molar-refractivity contribution in [1.82, 2.24) is 15.1 Å². The zero-order chi connectivity index (χ0) is 14.5. The first kappa shape index (κ1) is 16.3. The topological polar surface area (TPSA) is 29.9 Å². The minimum absolute atomic E-state index is 0.00178. The van der Waals surface area contributed by atoms with E-state index in [1.807, 2.05) is 17.7 Å². The molecule has 1 heterocycles. The largest absolute Gasteiger partial charge is 0.316 e. The number of halogens is 1. The average molecular weight is 284 g/mol. The first-order valence-electron chi connectivity index (χ1n) is 7.03. The molecule has 0 fully saturated rings. The molecule has 1 N–H and O–H groups in total. The maximum atomic E-state index is 6.38. The van der Waals surface area contributed by atoms with Gasteiger partial charge in [0.1, 0.15) is 0 Å². The molecule has 1 rings (SSSR count). The minimum Gasteiger partial charge on any atom is -0.316 e. The predicted molar refractivity (Wildman–Crippen MR) is 82.8 cm³/mol. The van der Waals surface area contributed by atoms with E-state index in [-0.39, 0.29) is 5.41 Å². The lowest BCUT2D eigenvalue weighted by atomic mass is 9.85. The lowest BCUT2D eigenvalue weighted by molar-refractivity contribution is 0.378. The summed E-state index contributed by atoms with van der Waals surface area (Å²) in [4.78, 5) is 0. The van der Waals surface area contributed by atoms with Crippen LogP contribution in [0.25, 0.3) is 0 Å². The zero-order valence-corrected chi connectivity index (χ0v) is 13.3. The smallest absolute Gasteiger partial charge is 0.0847 e. The highest BCUT2D eigenvalue weighted by Gasteiger charge is 2.25. The van der Waals surface area contributed by atoms with E-state index in [0.717, 1.165) is 48.9 Å². The van der Waals surface area contributed by atoms with Gasteiger partial charge in [-0.15, -0.1) is 6.58 Å². The second-order valence-electron chi connectivity index (χ2n) is 5.37. The highest BCUT2D eigenvalue weighted by molar-refractivity contribution is 6.31. The van der Waals surface area contributed by atoms with E-state index in [1.165, 1.54) is 0 Å². The van der Waals surface area contributed by atoms with Gasteiger partial charge in [0.2, 0.25) is 0 Å². The Balaban J connectivity index is 2.88. The normalized spacial score (nSPS) is 14.4. The maximum Gasteiger partial charge on any atom is 0.0847 e. The Morgan fingerprint density at radius 1 is 1.47 bits per heavy atom. The standard InChI is InChI=1S/C15H26ClN3/c1-6-9-17-11-15(5,7-2)10-13-14(16)12(4)18-19(13)8-3/h7,17H,2,6,8-11H2,1,3-5H3. The van der Waals surface area contributed by atoms with Crippen LogP contribution in [0.15, 0.2) is 12.7 Å². The SMILES string of the molecule is C=CC(C)(CNCCC)Cc1c(Cl)c(C)nn1CC. The summed E-state index contributed by atoms with van der Waals surface area (Å²) >= 11 is 6.38. The molecule has 19 heavy (non-hydrogen) atoms. The van der Waals surface area contributed by atoms with Crippen LogP contribution in [0.1, 0.15) is 38.6 Å². The fourth-order valence-corrected chi connectivity index (χ4v) is 2.38. The van der Waals surface area contributed by atoms with E-state index in [0.29, 0.717) is 0 Å². The van der Waals surface area contributed by atoms with Gasteiger partial charge >= 0.3 is 0 Å². The number of aryl methyl sites for hydroxylation is 2. The summed E-state index contributed by atoms with van der Waals surface area (Å²) in [6.45, 7) is 15.2. The zero-order valence-electron chi connectivity index (χ0n) is 12.6. The van der Waals surface area contributed by atoms with Crippen molar-refractivity contribution >= 4 is 11.6 Å². The molecule has 0 saturated heterocycles. The quantitative estimate of drug-likeness (QED) is 0.584. The Morgan fingerprint density at radius 2 is 2.16 bits per heavy atom. The molecule has 0 aliphatic carbocycles. The van der Waals surface area contributed by atoms with Gasteiger partial charge in [-0.25, -0.2) is 0 Å². The molecular formula is C15H26ClN3. The van der Waals surface area contributed by atoms with Crippen LogP contribution in [-0.4, -0.2) is 22.9 Å². The van der Waals surface area contributed by atoms with E-state index in [9.17, 15) is 0 Å². The summed E-state index contributed by atoms with van der Waals surface area (Å²) in [5.74, 6) is 0. The second-order valence-corrected chi connectivity index (χ2v) is 5.75. The van der Waals surface area contributed by atoms with Crippen molar-refractivity contribution in [1.29, 1.82) is 0 Å². The maximum absolute atomic E-state index is 6.38. The van der Waals surface area contributed by atoms with E-state index in [2.05, 4.69) is 37.8 Å². The highest BCUT2D eigenvalue weighted by Crippen LogP contribution is 2.29.